The first kappa shape index (κ1) is 15.2. The molecule has 0 saturated carbocycles. The van der Waals surface area contributed by atoms with Crippen LogP contribution in [0.4, 0.5) is 0 Å². The van der Waals surface area contributed by atoms with Gasteiger partial charge in [0.25, 0.3) is 10.0 Å². The van der Waals surface area contributed by atoms with Crippen molar-refractivity contribution in [3.8, 4) is 0 Å². The van der Waals surface area contributed by atoms with E-state index in [2.05, 4.69) is 10.2 Å². The summed E-state index contributed by atoms with van der Waals surface area (Å²) in [5, 5.41) is 8.34. The van der Waals surface area contributed by atoms with Gasteiger partial charge in [0.2, 0.25) is 0 Å². The van der Waals surface area contributed by atoms with Crippen molar-refractivity contribution in [1.29, 1.82) is 0 Å². The lowest BCUT2D eigenvalue weighted by atomic mass is 10.2. The van der Waals surface area contributed by atoms with E-state index < -0.39 is 10.0 Å². The van der Waals surface area contributed by atoms with E-state index in [-0.39, 0.29) is 17.7 Å². The number of nitrogens with zero attached hydrogens (tertiary/aromatic N) is 5. The zero-order valence-electron chi connectivity index (χ0n) is 12.6. The van der Waals surface area contributed by atoms with Crippen LogP contribution in [0.15, 0.2) is 29.7 Å². The van der Waals surface area contributed by atoms with E-state index in [0.717, 1.165) is 12.1 Å². The Morgan fingerprint density at radius 2 is 2.23 bits per heavy atom. The molecular weight excluding hydrogens is 306 g/mol. The highest BCUT2D eigenvalue weighted by Gasteiger charge is 2.33. The standard InChI is InChI=1S/C13H19N5O3S/c1-3-17-9-11(8-15-17)12-10-18(6-7-21-12)22(19,20)13-4-5-14-16(13)2/h4-5,8-9,12H,3,6-7,10H2,1-2H3. The SMILES string of the molecule is CCn1cc(C2CN(S(=O)(=O)c3ccnn3C)CCO2)cn1. The molecule has 2 aromatic heterocycles. The molecule has 1 atom stereocenters. The molecule has 2 aromatic rings. The Hall–Kier alpha value is -1.71. The molecule has 1 fully saturated rings. The van der Waals surface area contributed by atoms with Gasteiger partial charge in [-0.05, 0) is 13.0 Å². The second-order valence-electron chi connectivity index (χ2n) is 5.14. The van der Waals surface area contributed by atoms with Crippen molar-refractivity contribution in [2.24, 2.45) is 7.05 Å². The molecule has 1 unspecified atom stereocenters. The summed E-state index contributed by atoms with van der Waals surface area (Å²) in [6.45, 7) is 3.75. The third-order valence-corrected chi connectivity index (χ3v) is 5.70. The maximum Gasteiger partial charge on any atom is 0.260 e. The van der Waals surface area contributed by atoms with Crippen LogP contribution >= 0.6 is 0 Å². The molecule has 0 radical (unpaired) electrons. The molecule has 8 nitrogen and oxygen atoms in total. The van der Waals surface area contributed by atoms with Crippen molar-refractivity contribution in [3.05, 3.63) is 30.2 Å². The van der Waals surface area contributed by atoms with Crippen molar-refractivity contribution < 1.29 is 13.2 Å². The number of rotatable bonds is 4. The molecule has 1 saturated heterocycles. The van der Waals surface area contributed by atoms with Gasteiger partial charge in [-0.3, -0.25) is 9.36 Å². The van der Waals surface area contributed by atoms with Crippen LogP contribution in [-0.2, 0) is 28.4 Å². The van der Waals surface area contributed by atoms with Crippen molar-refractivity contribution in [2.75, 3.05) is 19.7 Å². The van der Waals surface area contributed by atoms with Crippen LogP contribution in [0.5, 0.6) is 0 Å². The minimum absolute atomic E-state index is 0.192. The lowest BCUT2D eigenvalue weighted by Gasteiger charge is -2.31. The Labute approximate surface area is 129 Å². The predicted molar refractivity (Wildman–Crippen MR) is 78.6 cm³/mol. The molecule has 3 rings (SSSR count). The van der Waals surface area contributed by atoms with E-state index >= 15 is 0 Å². The third kappa shape index (κ3) is 2.67. The number of hydrogen-bond donors (Lipinski definition) is 0. The monoisotopic (exact) mass is 325 g/mol. The van der Waals surface area contributed by atoms with Crippen LogP contribution in [0.1, 0.15) is 18.6 Å². The highest BCUT2D eigenvalue weighted by molar-refractivity contribution is 7.89. The summed E-state index contributed by atoms with van der Waals surface area (Å²) >= 11 is 0. The Morgan fingerprint density at radius 3 is 2.86 bits per heavy atom. The van der Waals surface area contributed by atoms with Gasteiger partial charge in [0.15, 0.2) is 5.03 Å². The van der Waals surface area contributed by atoms with Gasteiger partial charge >= 0.3 is 0 Å². The van der Waals surface area contributed by atoms with Crippen LogP contribution in [0.25, 0.3) is 0 Å². The average molecular weight is 325 g/mol. The molecule has 0 N–H and O–H groups in total. The minimum Gasteiger partial charge on any atom is -0.371 e. The van der Waals surface area contributed by atoms with Crippen molar-refractivity contribution >= 4 is 10.0 Å². The number of ether oxygens (including phenoxy) is 1. The second-order valence-corrected chi connectivity index (χ2v) is 7.03. The number of aryl methyl sites for hydroxylation is 2. The van der Waals surface area contributed by atoms with Gasteiger partial charge in [-0.2, -0.15) is 14.5 Å². The molecule has 0 aromatic carbocycles. The molecule has 0 amide bonds. The molecule has 0 aliphatic carbocycles. The molecule has 3 heterocycles. The Bertz CT molecular complexity index is 751. The summed E-state index contributed by atoms with van der Waals surface area (Å²) < 4.78 is 35.7. The first-order chi connectivity index (χ1) is 10.5. The Morgan fingerprint density at radius 1 is 1.41 bits per heavy atom. The lowest BCUT2D eigenvalue weighted by molar-refractivity contribution is -0.00273. The molecule has 1 aliphatic heterocycles. The summed E-state index contributed by atoms with van der Waals surface area (Å²) in [6, 6.07) is 1.51. The minimum atomic E-state index is -3.56. The average Bonchev–Trinajstić information content (AvgIpc) is 3.16. The van der Waals surface area contributed by atoms with Gasteiger partial charge in [-0.1, -0.05) is 0 Å². The van der Waals surface area contributed by atoms with Gasteiger partial charge < -0.3 is 4.74 Å². The van der Waals surface area contributed by atoms with E-state index in [9.17, 15) is 8.42 Å². The van der Waals surface area contributed by atoms with Crippen molar-refractivity contribution in [2.45, 2.75) is 24.6 Å². The topological polar surface area (TPSA) is 82.2 Å². The molecule has 0 bridgehead atoms. The third-order valence-electron chi connectivity index (χ3n) is 3.76. The van der Waals surface area contributed by atoms with Crippen molar-refractivity contribution in [1.82, 2.24) is 23.9 Å². The molecular formula is C13H19N5O3S. The summed E-state index contributed by atoms with van der Waals surface area (Å²) in [5.41, 5.74) is 0.895. The normalized spacial score (nSPS) is 20.4. The maximum atomic E-state index is 12.7. The van der Waals surface area contributed by atoms with E-state index in [1.54, 1.807) is 17.9 Å². The van der Waals surface area contributed by atoms with Crippen LogP contribution in [-0.4, -0.2) is 52.0 Å². The molecule has 0 spiro atoms. The Balaban J connectivity index is 1.82. The van der Waals surface area contributed by atoms with E-state index in [0.29, 0.717) is 13.2 Å². The first-order valence-corrected chi connectivity index (χ1v) is 8.58. The fourth-order valence-corrected chi connectivity index (χ4v) is 4.04. The molecule has 9 heteroatoms. The molecule has 120 valence electrons. The van der Waals surface area contributed by atoms with Crippen molar-refractivity contribution in [3.63, 3.8) is 0 Å². The second kappa shape index (κ2) is 5.82. The quantitative estimate of drug-likeness (QED) is 0.812. The van der Waals surface area contributed by atoms with Crippen LogP contribution in [0.2, 0.25) is 0 Å². The highest BCUT2D eigenvalue weighted by atomic mass is 32.2. The van der Waals surface area contributed by atoms with Crippen LogP contribution < -0.4 is 0 Å². The number of hydrogen-bond acceptors (Lipinski definition) is 5. The smallest absolute Gasteiger partial charge is 0.260 e. The largest absolute Gasteiger partial charge is 0.371 e. The van der Waals surface area contributed by atoms with Crippen LogP contribution in [0, 0.1) is 0 Å². The predicted octanol–water partition coefficient (Wildman–Crippen LogP) is 0.399. The van der Waals surface area contributed by atoms with E-state index in [4.69, 9.17) is 4.74 Å². The van der Waals surface area contributed by atoms with Gasteiger partial charge in [0, 0.05) is 38.4 Å². The lowest BCUT2D eigenvalue weighted by Crippen LogP contribution is -2.42. The first-order valence-electron chi connectivity index (χ1n) is 7.14. The summed E-state index contributed by atoms with van der Waals surface area (Å²) in [6.07, 6.45) is 4.81. The number of sulfonamides is 1. The Kier molecular flexibility index (Phi) is 4.02. The fraction of sp³-hybridized carbons (Fsp3) is 0.538. The van der Waals surface area contributed by atoms with E-state index in [1.807, 2.05) is 13.1 Å². The van der Waals surface area contributed by atoms with Gasteiger partial charge in [0.1, 0.15) is 0 Å². The zero-order valence-corrected chi connectivity index (χ0v) is 13.4. The summed E-state index contributed by atoms with van der Waals surface area (Å²) in [4.78, 5) is 0. The van der Waals surface area contributed by atoms with Crippen LogP contribution in [0.3, 0.4) is 0 Å². The number of aromatic nitrogens is 4. The summed E-state index contributed by atoms with van der Waals surface area (Å²) in [5.74, 6) is 0. The van der Waals surface area contributed by atoms with Gasteiger partial charge in [0.05, 0.1) is 25.1 Å². The highest BCUT2D eigenvalue weighted by Crippen LogP contribution is 2.25. The summed E-state index contributed by atoms with van der Waals surface area (Å²) in [7, 11) is -1.94. The fourth-order valence-electron chi connectivity index (χ4n) is 2.51. The van der Waals surface area contributed by atoms with Gasteiger partial charge in [-0.25, -0.2) is 8.42 Å². The zero-order chi connectivity index (χ0) is 15.7. The number of morpholine rings is 1. The maximum absolute atomic E-state index is 12.7. The molecule has 22 heavy (non-hydrogen) atoms. The van der Waals surface area contributed by atoms with E-state index in [1.165, 1.54) is 21.3 Å². The molecule has 1 aliphatic rings. The van der Waals surface area contributed by atoms with Gasteiger partial charge in [-0.15, -0.1) is 0 Å².